The van der Waals surface area contributed by atoms with Gasteiger partial charge in [-0.1, -0.05) is 23.4 Å². The number of amides is 1. The van der Waals surface area contributed by atoms with E-state index >= 15 is 0 Å². The third-order valence-electron chi connectivity index (χ3n) is 3.14. The van der Waals surface area contributed by atoms with Gasteiger partial charge in [0.1, 0.15) is 6.54 Å². The summed E-state index contributed by atoms with van der Waals surface area (Å²) >= 11 is 0. The van der Waals surface area contributed by atoms with Crippen LogP contribution >= 0.6 is 0 Å². The first kappa shape index (κ1) is 14.7. The highest BCUT2D eigenvalue weighted by molar-refractivity contribution is 5.91. The Morgan fingerprint density at radius 2 is 1.95 bits per heavy atom. The molecule has 0 fully saturated rings. The normalized spacial score (nSPS) is 10.4. The highest BCUT2D eigenvalue weighted by Crippen LogP contribution is 2.12. The fourth-order valence-corrected chi connectivity index (χ4v) is 2.01. The summed E-state index contributed by atoms with van der Waals surface area (Å²) in [6.45, 7) is 4.04. The van der Waals surface area contributed by atoms with E-state index in [9.17, 15) is 9.59 Å². The Morgan fingerprint density at radius 1 is 1.29 bits per heavy atom. The fourth-order valence-electron chi connectivity index (χ4n) is 2.01. The van der Waals surface area contributed by atoms with Gasteiger partial charge < -0.3 is 10.4 Å². The number of nitrogens with zero attached hydrogens (tertiary/aromatic N) is 3. The van der Waals surface area contributed by atoms with Crippen molar-refractivity contribution in [1.29, 1.82) is 0 Å². The molecule has 0 saturated heterocycles. The molecular formula is C14H16N4O3. The van der Waals surface area contributed by atoms with E-state index in [-0.39, 0.29) is 18.1 Å². The van der Waals surface area contributed by atoms with E-state index in [2.05, 4.69) is 15.6 Å². The van der Waals surface area contributed by atoms with Crippen LogP contribution in [0.4, 0.5) is 0 Å². The van der Waals surface area contributed by atoms with Crippen LogP contribution in [0.25, 0.3) is 0 Å². The van der Waals surface area contributed by atoms with Crippen molar-refractivity contribution in [2.75, 3.05) is 0 Å². The minimum Gasteiger partial charge on any atom is -0.480 e. The number of aryl methyl sites for hydroxylation is 2. The van der Waals surface area contributed by atoms with Crippen molar-refractivity contribution in [2.24, 2.45) is 0 Å². The maximum Gasteiger partial charge on any atom is 0.325 e. The zero-order valence-electron chi connectivity index (χ0n) is 11.8. The van der Waals surface area contributed by atoms with Crippen molar-refractivity contribution < 1.29 is 14.7 Å². The molecule has 21 heavy (non-hydrogen) atoms. The molecular weight excluding hydrogens is 272 g/mol. The molecule has 2 N–H and O–H groups in total. The average molecular weight is 288 g/mol. The summed E-state index contributed by atoms with van der Waals surface area (Å²) < 4.78 is 1.11. The largest absolute Gasteiger partial charge is 0.480 e. The van der Waals surface area contributed by atoms with Gasteiger partial charge in [0.15, 0.2) is 5.69 Å². The van der Waals surface area contributed by atoms with E-state index in [4.69, 9.17) is 5.11 Å². The van der Waals surface area contributed by atoms with Crippen molar-refractivity contribution in [3.63, 3.8) is 0 Å². The van der Waals surface area contributed by atoms with Gasteiger partial charge >= 0.3 is 5.97 Å². The molecule has 0 unspecified atom stereocenters. The van der Waals surface area contributed by atoms with E-state index in [1.807, 2.05) is 32.0 Å². The van der Waals surface area contributed by atoms with Crippen LogP contribution in [0.1, 0.15) is 27.2 Å². The molecule has 1 aromatic heterocycles. The SMILES string of the molecule is Cc1cccc(C)c1CNC(=O)c1cn(CC(=O)O)nn1. The number of carbonyl (C=O) groups excluding carboxylic acids is 1. The van der Waals surface area contributed by atoms with Gasteiger partial charge in [-0.05, 0) is 30.5 Å². The molecule has 1 aromatic carbocycles. The quantitative estimate of drug-likeness (QED) is 0.852. The maximum atomic E-state index is 12.0. The summed E-state index contributed by atoms with van der Waals surface area (Å²) in [5, 5.41) is 18.7. The molecule has 0 aliphatic carbocycles. The van der Waals surface area contributed by atoms with Gasteiger partial charge in [0.2, 0.25) is 0 Å². The molecule has 0 aliphatic rings. The first-order chi connectivity index (χ1) is 9.97. The van der Waals surface area contributed by atoms with Crippen LogP contribution in [0.2, 0.25) is 0 Å². The van der Waals surface area contributed by atoms with Gasteiger partial charge in [-0.2, -0.15) is 0 Å². The molecule has 0 saturated carbocycles. The number of carboxylic acid groups (broad SMARTS) is 1. The van der Waals surface area contributed by atoms with Gasteiger partial charge in [-0.3, -0.25) is 9.59 Å². The molecule has 1 amide bonds. The third kappa shape index (κ3) is 3.65. The van der Waals surface area contributed by atoms with Crippen molar-refractivity contribution in [3.05, 3.63) is 46.8 Å². The van der Waals surface area contributed by atoms with E-state index in [0.29, 0.717) is 6.54 Å². The summed E-state index contributed by atoms with van der Waals surface area (Å²) in [6.07, 6.45) is 1.31. The van der Waals surface area contributed by atoms with E-state index < -0.39 is 5.97 Å². The lowest BCUT2D eigenvalue weighted by Crippen LogP contribution is -2.24. The molecule has 0 bridgehead atoms. The summed E-state index contributed by atoms with van der Waals surface area (Å²) in [5.41, 5.74) is 3.36. The Kier molecular flexibility index (Phi) is 4.32. The lowest BCUT2D eigenvalue weighted by atomic mass is 10.0. The third-order valence-corrected chi connectivity index (χ3v) is 3.14. The first-order valence-corrected chi connectivity index (χ1v) is 6.42. The smallest absolute Gasteiger partial charge is 0.325 e. The van der Waals surface area contributed by atoms with Crippen LogP contribution < -0.4 is 5.32 Å². The second kappa shape index (κ2) is 6.17. The van der Waals surface area contributed by atoms with Crippen LogP contribution in [0, 0.1) is 13.8 Å². The summed E-state index contributed by atoms with van der Waals surface area (Å²) in [4.78, 5) is 22.5. The Morgan fingerprint density at radius 3 is 2.57 bits per heavy atom. The molecule has 0 aliphatic heterocycles. The molecule has 2 aromatic rings. The Hall–Kier alpha value is -2.70. The van der Waals surface area contributed by atoms with Crippen molar-refractivity contribution in [2.45, 2.75) is 26.9 Å². The Bertz CT molecular complexity index is 658. The van der Waals surface area contributed by atoms with Gasteiger partial charge in [-0.25, -0.2) is 4.68 Å². The number of rotatable bonds is 5. The molecule has 110 valence electrons. The zero-order valence-corrected chi connectivity index (χ0v) is 11.8. The minimum absolute atomic E-state index is 0.0995. The second-order valence-electron chi connectivity index (χ2n) is 4.75. The highest BCUT2D eigenvalue weighted by atomic mass is 16.4. The number of carbonyl (C=O) groups is 2. The molecule has 2 rings (SSSR count). The van der Waals surface area contributed by atoms with Gasteiger partial charge in [0.05, 0.1) is 6.20 Å². The molecule has 0 atom stereocenters. The molecule has 7 heteroatoms. The van der Waals surface area contributed by atoms with Crippen LogP contribution in [-0.4, -0.2) is 32.0 Å². The molecule has 7 nitrogen and oxygen atoms in total. The topological polar surface area (TPSA) is 97.1 Å². The summed E-state index contributed by atoms with van der Waals surface area (Å²) in [5.74, 6) is -1.42. The molecule has 0 radical (unpaired) electrons. The number of carboxylic acids is 1. The summed E-state index contributed by atoms with van der Waals surface area (Å²) in [6, 6.07) is 5.93. The standard InChI is InChI=1S/C14H16N4O3/c1-9-4-3-5-10(2)11(9)6-15-14(21)12-7-18(17-16-12)8-13(19)20/h3-5,7H,6,8H2,1-2H3,(H,15,21)(H,19,20). The van der Waals surface area contributed by atoms with Crippen LogP contribution in [0.5, 0.6) is 0 Å². The molecule has 1 heterocycles. The number of hydrogen-bond acceptors (Lipinski definition) is 4. The van der Waals surface area contributed by atoms with E-state index in [0.717, 1.165) is 21.4 Å². The Labute approximate surface area is 121 Å². The van der Waals surface area contributed by atoms with E-state index in [1.165, 1.54) is 6.20 Å². The zero-order chi connectivity index (χ0) is 15.4. The fraction of sp³-hybridized carbons (Fsp3) is 0.286. The molecule has 0 spiro atoms. The number of benzene rings is 1. The van der Waals surface area contributed by atoms with Crippen LogP contribution in [0.3, 0.4) is 0 Å². The first-order valence-electron chi connectivity index (χ1n) is 6.42. The predicted octanol–water partition coefficient (Wildman–Crippen LogP) is 0.910. The van der Waals surface area contributed by atoms with E-state index in [1.54, 1.807) is 0 Å². The number of aliphatic carboxylic acids is 1. The Balaban J connectivity index is 2.02. The van der Waals surface area contributed by atoms with Gasteiger partial charge in [0.25, 0.3) is 5.91 Å². The lowest BCUT2D eigenvalue weighted by molar-refractivity contribution is -0.137. The second-order valence-corrected chi connectivity index (χ2v) is 4.75. The minimum atomic E-state index is -1.04. The predicted molar refractivity (Wildman–Crippen MR) is 74.7 cm³/mol. The van der Waals surface area contributed by atoms with Gasteiger partial charge in [0, 0.05) is 6.54 Å². The van der Waals surface area contributed by atoms with Gasteiger partial charge in [-0.15, -0.1) is 5.10 Å². The lowest BCUT2D eigenvalue weighted by Gasteiger charge is -2.09. The van der Waals surface area contributed by atoms with Crippen molar-refractivity contribution in [3.8, 4) is 0 Å². The van der Waals surface area contributed by atoms with Crippen LogP contribution in [-0.2, 0) is 17.9 Å². The number of nitrogens with one attached hydrogen (secondary N) is 1. The number of aromatic nitrogens is 3. The van der Waals surface area contributed by atoms with Crippen molar-refractivity contribution >= 4 is 11.9 Å². The van der Waals surface area contributed by atoms with Crippen LogP contribution in [0.15, 0.2) is 24.4 Å². The average Bonchev–Trinajstić information content (AvgIpc) is 2.85. The monoisotopic (exact) mass is 288 g/mol. The maximum absolute atomic E-state index is 12.0. The highest BCUT2D eigenvalue weighted by Gasteiger charge is 2.12. The summed E-state index contributed by atoms with van der Waals surface area (Å²) in [7, 11) is 0. The number of hydrogen-bond donors (Lipinski definition) is 2. The van der Waals surface area contributed by atoms with Crippen molar-refractivity contribution in [1.82, 2.24) is 20.3 Å².